The quantitative estimate of drug-likeness (QED) is 0.606. The molecule has 0 saturated heterocycles. The highest BCUT2D eigenvalue weighted by molar-refractivity contribution is 5.46. The second kappa shape index (κ2) is 5.52. The van der Waals surface area contributed by atoms with E-state index in [4.69, 9.17) is 5.84 Å². The van der Waals surface area contributed by atoms with Crippen LogP contribution in [0.3, 0.4) is 0 Å². The van der Waals surface area contributed by atoms with Gasteiger partial charge in [-0.25, -0.2) is 0 Å². The van der Waals surface area contributed by atoms with Crippen molar-refractivity contribution >= 4 is 5.69 Å². The van der Waals surface area contributed by atoms with Crippen LogP contribution in [0, 0.1) is 5.92 Å². The largest absolute Gasteiger partial charge is 0.378 e. The van der Waals surface area contributed by atoms with Crippen LogP contribution in [0.4, 0.5) is 5.69 Å². The number of nitrogens with two attached hydrogens (primary N) is 1. The zero-order valence-corrected chi connectivity index (χ0v) is 10.8. The van der Waals surface area contributed by atoms with E-state index in [1.165, 1.54) is 30.5 Å². The zero-order valence-electron chi connectivity index (χ0n) is 10.8. The normalized spacial score (nSPS) is 17.6. The highest BCUT2D eigenvalue weighted by Gasteiger charge is 2.22. The van der Waals surface area contributed by atoms with E-state index in [9.17, 15) is 0 Å². The number of anilines is 1. The Morgan fingerprint density at radius 2 is 1.94 bits per heavy atom. The molecule has 0 radical (unpaired) electrons. The van der Waals surface area contributed by atoms with E-state index in [2.05, 4.69) is 48.7 Å². The van der Waals surface area contributed by atoms with Crippen LogP contribution in [-0.2, 0) is 0 Å². The first-order valence-electron chi connectivity index (χ1n) is 6.44. The van der Waals surface area contributed by atoms with Gasteiger partial charge in [-0.15, -0.1) is 0 Å². The van der Waals surface area contributed by atoms with Gasteiger partial charge in [0.05, 0.1) is 0 Å². The van der Waals surface area contributed by atoms with Crippen LogP contribution in [-0.4, -0.2) is 14.1 Å². The standard InChI is InChI=1S/C14H23N3/c1-17(2)13-8-6-12(7-9-13)14(16-15)10-11-4-3-5-11/h6-9,11,14,16H,3-5,10,15H2,1-2H3. The molecule has 1 atom stereocenters. The van der Waals surface area contributed by atoms with Gasteiger partial charge in [-0.2, -0.15) is 0 Å². The second-order valence-electron chi connectivity index (χ2n) is 5.24. The lowest BCUT2D eigenvalue weighted by Gasteiger charge is -2.29. The molecule has 0 spiro atoms. The average Bonchev–Trinajstić information content (AvgIpc) is 2.28. The molecule has 17 heavy (non-hydrogen) atoms. The smallest absolute Gasteiger partial charge is 0.0462 e. The molecule has 94 valence electrons. The van der Waals surface area contributed by atoms with E-state index in [0.717, 1.165) is 12.3 Å². The van der Waals surface area contributed by atoms with E-state index >= 15 is 0 Å². The molecule has 2 rings (SSSR count). The molecule has 3 N–H and O–H groups in total. The van der Waals surface area contributed by atoms with Crippen molar-refractivity contribution in [3.63, 3.8) is 0 Å². The summed E-state index contributed by atoms with van der Waals surface area (Å²) in [6.45, 7) is 0. The van der Waals surface area contributed by atoms with Gasteiger partial charge >= 0.3 is 0 Å². The summed E-state index contributed by atoms with van der Waals surface area (Å²) in [5.74, 6) is 6.53. The molecule has 1 aliphatic carbocycles. The summed E-state index contributed by atoms with van der Waals surface area (Å²) < 4.78 is 0. The van der Waals surface area contributed by atoms with E-state index in [-0.39, 0.29) is 0 Å². The summed E-state index contributed by atoms with van der Waals surface area (Å²) in [5.41, 5.74) is 5.48. The van der Waals surface area contributed by atoms with Gasteiger partial charge in [0, 0.05) is 25.8 Å². The van der Waals surface area contributed by atoms with Gasteiger partial charge in [0.15, 0.2) is 0 Å². The van der Waals surface area contributed by atoms with Gasteiger partial charge in [0.25, 0.3) is 0 Å². The Morgan fingerprint density at radius 3 is 2.35 bits per heavy atom. The fraction of sp³-hybridized carbons (Fsp3) is 0.571. The molecule has 0 aliphatic heterocycles. The number of hydrogen-bond acceptors (Lipinski definition) is 3. The minimum atomic E-state index is 0.302. The van der Waals surface area contributed by atoms with Crippen LogP contribution >= 0.6 is 0 Å². The number of nitrogens with one attached hydrogen (secondary N) is 1. The van der Waals surface area contributed by atoms with E-state index < -0.39 is 0 Å². The summed E-state index contributed by atoms with van der Waals surface area (Å²) in [6, 6.07) is 8.97. The van der Waals surface area contributed by atoms with Crippen LogP contribution in [0.25, 0.3) is 0 Å². The molecule has 1 unspecified atom stereocenters. The molecule has 0 heterocycles. The lowest BCUT2D eigenvalue weighted by Crippen LogP contribution is -2.31. The van der Waals surface area contributed by atoms with Crippen molar-refractivity contribution in [3.8, 4) is 0 Å². The first-order valence-corrected chi connectivity index (χ1v) is 6.44. The Kier molecular flexibility index (Phi) is 4.02. The van der Waals surface area contributed by atoms with Crippen molar-refractivity contribution in [1.82, 2.24) is 5.43 Å². The van der Waals surface area contributed by atoms with E-state index in [1.807, 2.05) is 0 Å². The second-order valence-corrected chi connectivity index (χ2v) is 5.24. The number of hydrogen-bond donors (Lipinski definition) is 2. The molecular formula is C14H23N3. The molecule has 1 aromatic rings. The molecule has 0 amide bonds. The van der Waals surface area contributed by atoms with Crippen molar-refractivity contribution in [1.29, 1.82) is 0 Å². The van der Waals surface area contributed by atoms with Crippen LogP contribution in [0.1, 0.15) is 37.3 Å². The van der Waals surface area contributed by atoms with Crippen LogP contribution < -0.4 is 16.2 Å². The predicted molar refractivity (Wildman–Crippen MR) is 72.8 cm³/mol. The molecule has 1 saturated carbocycles. The molecule has 3 nitrogen and oxygen atoms in total. The van der Waals surface area contributed by atoms with Crippen LogP contribution in [0.5, 0.6) is 0 Å². The first kappa shape index (κ1) is 12.4. The molecule has 1 aliphatic rings. The van der Waals surface area contributed by atoms with Crippen molar-refractivity contribution in [2.75, 3.05) is 19.0 Å². The minimum absolute atomic E-state index is 0.302. The maximum atomic E-state index is 5.67. The zero-order chi connectivity index (χ0) is 12.3. The minimum Gasteiger partial charge on any atom is -0.378 e. The number of hydrazine groups is 1. The maximum Gasteiger partial charge on any atom is 0.0462 e. The van der Waals surface area contributed by atoms with Gasteiger partial charge in [0.2, 0.25) is 0 Å². The highest BCUT2D eigenvalue weighted by atomic mass is 15.2. The Balaban J connectivity index is 2.02. The Labute approximate surface area is 104 Å². The Morgan fingerprint density at radius 1 is 1.29 bits per heavy atom. The summed E-state index contributed by atoms with van der Waals surface area (Å²) in [7, 11) is 4.12. The number of nitrogens with zero attached hydrogens (tertiary/aromatic N) is 1. The predicted octanol–water partition coefficient (Wildman–Crippen LogP) is 2.45. The third-order valence-electron chi connectivity index (χ3n) is 3.81. The summed E-state index contributed by atoms with van der Waals surface area (Å²) >= 11 is 0. The fourth-order valence-corrected chi connectivity index (χ4v) is 2.37. The maximum absolute atomic E-state index is 5.67. The monoisotopic (exact) mass is 233 g/mol. The van der Waals surface area contributed by atoms with Crippen LogP contribution in [0.15, 0.2) is 24.3 Å². The Hall–Kier alpha value is -1.06. The summed E-state index contributed by atoms with van der Waals surface area (Å²) in [4.78, 5) is 2.11. The van der Waals surface area contributed by atoms with E-state index in [1.54, 1.807) is 0 Å². The molecule has 0 bridgehead atoms. The average molecular weight is 233 g/mol. The van der Waals surface area contributed by atoms with Crippen molar-refractivity contribution in [3.05, 3.63) is 29.8 Å². The van der Waals surface area contributed by atoms with Crippen molar-refractivity contribution < 1.29 is 0 Å². The molecule has 0 aromatic heterocycles. The van der Waals surface area contributed by atoms with Gasteiger partial charge in [-0.05, 0) is 30.0 Å². The third-order valence-corrected chi connectivity index (χ3v) is 3.81. The van der Waals surface area contributed by atoms with Gasteiger partial charge < -0.3 is 4.90 Å². The number of rotatable bonds is 5. The molecule has 3 heteroatoms. The highest BCUT2D eigenvalue weighted by Crippen LogP contribution is 2.34. The topological polar surface area (TPSA) is 41.3 Å². The van der Waals surface area contributed by atoms with E-state index in [0.29, 0.717) is 6.04 Å². The van der Waals surface area contributed by atoms with Crippen molar-refractivity contribution in [2.24, 2.45) is 11.8 Å². The molecule has 1 aromatic carbocycles. The number of benzene rings is 1. The first-order chi connectivity index (χ1) is 8.20. The van der Waals surface area contributed by atoms with Crippen molar-refractivity contribution in [2.45, 2.75) is 31.7 Å². The molecule has 1 fully saturated rings. The van der Waals surface area contributed by atoms with Gasteiger partial charge in [-0.1, -0.05) is 31.4 Å². The SMILES string of the molecule is CN(C)c1ccc(C(CC2CCC2)NN)cc1. The third kappa shape index (κ3) is 2.99. The molecular weight excluding hydrogens is 210 g/mol. The lowest BCUT2D eigenvalue weighted by molar-refractivity contribution is 0.262. The van der Waals surface area contributed by atoms with Gasteiger partial charge in [0.1, 0.15) is 0 Å². The lowest BCUT2D eigenvalue weighted by atomic mass is 9.80. The summed E-state index contributed by atoms with van der Waals surface area (Å²) in [6.07, 6.45) is 5.29. The fourth-order valence-electron chi connectivity index (χ4n) is 2.37. The Bertz CT molecular complexity index is 341. The summed E-state index contributed by atoms with van der Waals surface area (Å²) in [5, 5.41) is 0. The van der Waals surface area contributed by atoms with Crippen LogP contribution in [0.2, 0.25) is 0 Å². The van der Waals surface area contributed by atoms with Gasteiger partial charge in [-0.3, -0.25) is 11.3 Å².